The summed E-state index contributed by atoms with van der Waals surface area (Å²) in [6.07, 6.45) is 1.83. The Bertz CT molecular complexity index is 814. The monoisotopic (exact) mass is 346 g/mol. The first-order chi connectivity index (χ1) is 11.3. The Kier molecular flexibility index (Phi) is 5.62. The van der Waals surface area contributed by atoms with Crippen LogP contribution in [0, 0.1) is 6.92 Å². The lowest BCUT2D eigenvalue weighted by Crippen LogP contribution is -2.28. The number of carbonyl (C=O) groups is 1. The molecular formula is C18H22N2O3S. The third-order valence-electron chi connectivity index (χ3n) is 3.62. The van der Waals surface area contributed by atoms with E-state index >= 15 is 0 Å². The molecule has 0 heterocycles. The van der Waals surface area contributed by atoms with Crippen LogP contribution in [0.15, 0.2) is 48.5 Å². The highest BCUT2D eigenvalue weighted by atomic mass is 32.2. The Morgan fingerprint density at radius 2 is 1.79 bits per heavy atom. The van der Waals surface area contributed by atoms with Crippen molar-refractivity contribution in [2.75, 3.05) is 11.0 Å². The molecule has 6 heteroatoms. The van der Waals surface area contributed by atoms with Gasteiger partial charge in [-0.3, -0.25) is 9.52 Å². The number of aryl methyl sites for hydroxylation is 1. The van der Waals surface area contributed by atoms with E-state index in [0.29, 0.717) is 11.3 Å². The highest BCUT2D eigenvalue weighted by molar-refractivity contribution is 7.92. The first-order valence-corrected chi connectivity index (χ1v) is 9.63. The molecule has 0 aromatic heterocycles. The predicted octanol–water partition coefficient (Wildman–Crippen LogP) is 3.25. The fourth-order valence-corrected chi connectivity index (χ4v) is 2.95. The van der Waals surface area contributed by atoms with Crippen molar-refractivity contribution in [3.05, 3.63) is 65.2 Å². The maximum Gasteiger partial charge on any atom is 0.251 e. The van der Waals surface area contributed by atoms with E-state index in [1.165, 1.54) is 11.6 Å². The van der Waals surface area contributed by atoms with Crippen LogP contribution < -0.4 is 10.0 Å². The van der Waals surface area contributed by atoms with Crippen LogP contribution in [-0.2, 0) is 10.0 Å². The number of nitrogens with one attached hydrogen (secondary N) is 2. The number of sulfonamides is 1. The van der Waals surface area contributed by atoms with Crippen molar-refractivity contribution in [3.63, 3.8) is 0 Å². The van der Waals surface area contributed by atoms with E-state index in [4.69, 9.17) is 0 Å². The third kappa shape index (κ3) is 5.09. The van der Waals surface area contributed by atoms with Crippen LogP contribution in [0.4, 0.5) is 5.69 Å². The predicted molar refractivity (Wildman–Crippen MR) is 96.6 cm³/mol. The van der Waals surface area contributed by atoms with Gasteiger partial charge in [0.25, 0.3) is 5.91 Å². The average molecular weight is 346 g/mol. The number of anilines is 1. The Labute approximate surface area is 143 Å². The Hall–Kier alpha value is -2.34. The summed E-state index contributed by atoms with van der Waals surface area (Å²) in [4.78, 5) is 12.5. The molecule has 2 N–H and O–H groups in total. The van der Waals surface area contributed by atoms with Gasteiger partial charge in [0.2, 0.25) is 10.0 Å². The molecule has 0 bridgehead atoms. The summed E-state index contributed by atoms with van der Waals surface area (Å²) in [5.74, 6) is -0.237. The minimum Gasteiger partial charge on any atom is -0.345 e. The van der Waals surface area contributed by atoms with E-state index in [1.54, 1.807) is 18.2 Å². The van der Waals surface area contributed by atoms with E-state index in [9.17, 15) is 13.2 Å². The minimum absolute atomic E-state index is 0.0929. The van der Waals surface area contributed by atoms with Gasteiger partial charge in [0.15, 0.2) is 0 Å². The van der Waals surface area contributed by atoms with Gasteiger partial charge >= 0.3 is 0 Å². The van der Waals surface area contributed by atoms with Gasteiger partial charge in [-0.1, -0.05) is 42.8 Å². The molecule has 0 radical (unpaired) electrons. The Morgan fingerprint density at radius 1 is 1.12 bits per heavy atom. The van der Waals surface area contributed by atoms with Crippen LogP contribution in [0.5, 0.6) is 0 Å². The quantitative estimate of drug-likeness (QED) is 0.843. The molecule has 5 nitrogen and oxygen atoms in total. The first-order valence-electron chi connectivity index (χ1n) is 7.74. The van der Waals surface area contributed by atoms with Crippen LogP contribution in [0.2, 0.25) is 0 Å². The fourth-order valence-electron chi connectivity index (χ4n) is 2.40. The van der Waals surface area contributed by atoms with E-state index in [2.05, 4.69) is 10.0 Å². The molecule has 1 atom stereocenters. The summed E-state index contributed by atoms with van der Waals surface area (Å²) in [6, 6.07) is 14.4. The average Bonchev–Trinajstić information content (AvgIpc) is 2.52. The molecule has 128 valence electrons. The highest BCUT2D eigenvalue weighted by Gasteiger charge is 2.14. The molecule has 0 fully saturated rings. The first kappa shape index (κ1) is 18.0. The van der Waals surface area contributed by atoms with E-state index < -0.39 is 10.0 Å². The third-order valence-corrected chi connectivity index (χ3v) is 4.23. The Morgan fingerprint density at radius 3 is 2.38 bits per heavy atom. The van der Waals surface area contributed by atoms with E-state index in [1.807, 2.05) is 38.1 Å². The summed E-state index contributed by atoms with van der Waals surface area (Å²) in [5.41, 5.74) is 2.99. The smallest absolute Gasteiger partial charge is 0.251 e. The topological polar surface area (TPSA) is 75.3 Å². The van der Waals surface area contributed by atoms with Crippen molar-refractivity contribution >= 4 is 21.6 Å². The SMILES string of the molecule is CC[C@H](NC(=O)c1cccc(NS(C)(=O)=O)c1)c1ccc(C)cc1. The van der Waals surface area contributed by atoms with Gasteiger partial charge in [-0.2, -0.15) is 0 Å². The van der Waals surface area contributed by atoms with Crippen molar-refractivity contribution in [1.82, 2.24) is 5.32 Å². The van der Waals surface area contributed by atoms with Gasteiger partial charge in [-0.15, -0.1) is 0 Å². The highest BCUT2D eigenvalue weighted by Crippen LogP contribution is 2.19. The Balaban J connectivity index is 2.16. The lowest BCUT2D eigenvalue weighted by Gasteiger charge is -2.18. The van der Waals surface area contributed by atoms with Gasteiger partial charge < -0.3 is 5.32 Å². The van der Waals surface area contributed by atoms with Crippen molar-refractivity contribution < 1.29 is 13.2 Å². The van der Waals surface area contributed by atoms with Gasteiger partial charge in [0.05, 0.1) is 12.3 Å². The van der Waals surface area contributed by atoms with Crippen molar-refractivity contribution in [2.45, 2.75) is 26.3 Å². The summed E-state index contributed by atoms with van der Waals surface area (Å²) >= 11 is 0. The fraction of sp³-hybridized carbons (Fsp3) is 0.278. The lowest BCUT2D eigenvalue weighted by atomic mass is 10.0. The molecule has 0 aliphatic heterocycles. The van der Waals surface area contributed by atoms with Crippen LogP contribution in [-0.4, -0.2) is 20.6 Å². The van der Waals surface area contributed by atoms with Gasteiger partial charge in [-0.25, -0.2) is 8.42 Å². The molecule has 0 saturated heterocycles. The van der Waals surface area contributed by atoms with Crippen LogP contribution in [0.25, 0.3) is 0 Å². The van der Waals surface area contributed by atoms with Crippen LogP contribution >= 0.6 is 0 Å². The summed E-state index contributed by atoms with van der Waals surface area (Å²) in [7, 11) is -3.38. The number of carbonyl (C=O) groups excluding carboxylic acids is 1. The largest absolute Gasteiger partial charge is 0.345 e. The maximum atomic E-state index is 12.5. The van der Waals surface area contributed by atoms with Crippen LogP contribution in [0.1, 0.15) is 40.9 Å². The van der Waals surface area contributed by atoms with Crippen molar-refractivity contribution in [2.24, 2.45) is 0 Å². The molecule has 0 aliphatic rings. The molecule has 0 saturated carbocycles. The summed E-state index contributed by atoms with van der Waals surface area (Å²) in [6.45, 7) is 4.02. The van der Waals surface area contributed by atoms with Crippen molar-refractivity contribution in [1.29, 1.82) is 0 Å². The van der Waals surface area contributed by atoms with E-state index in [0.717, 1.165) is 18.2 Å². The molecule has 1 amide bonds. The normalized spacial score (nSPS) is 12.5. The van der Waals surface area contributed by atoms with Crippen LogP contribution in [0.3, 0.4) is 0 Å². The second-order valence-corrected chi connectivity index (χ2v) is 7.55. The summed E-state index contributed by atoms with van der Waals surface area (Å²) in [5, 5.41) is 2.99. The molecule has 0 unspecified atom stereocenters. The molecule has 2 aromatic carbocycles. The second kappa shape index (κ2) is 7.49. The lowest BCUT2D eigenvalue weighted by molar-refractivity contribution is 0.0935. The molecule has 2 aromatic rings. The molecule has 0 aliphatic carbocycles. The minimum atomic E-state index is -3.38. The van der Waals surface area contributed by atoms with E-state index in [-0.39, 0.29) is 11.9 Å². The molecule has 24 heavy (non-hydrogen) atoms. The number of benzene rings is 2. The van der Waals surface area contributed by atoms with Gasteiger partial charge in [-0.05, 0) is 37.1 Å². The molecule has 0 spiro atoms. The van der Waals surface area contributed by atoms with Gasteiger partial charge in [0.1, 0.15) is 0 Å². The van der Waals surface area contributed by atoms with Gasteiger partial charge in [0, 0.05) is 11.3 Å². The second-order valence-electron chi connectivity index (χ2n) is 5.80. The molecule has 2 rings (SSSR count). The number of rotatable bonds is 6. The zero-order valence-electron chi connectivity index (χ0n) is 14.0. The number of hydrogen-bond acceptors (Lipinski definition) is 3. The number of amides is 1. The number of hydrogen-bond donors (Lipinski definition) is 2. The molecular weight excluding hydrogens is 324 g/mol. The zero-order valence-corrected chi connectivity index (χ0v) is 14.9. The zero-order chi connectivity index (χ0) is 17.7. The standard InChI is InChI=1S/C18H22N2O3S/c1-4-17(14-10-8-13(2)9-11-14)19-18(21)15-6-5-7-16(12-15)20-24(3,22)23/h5-12,17,20H,4H2,1-3H3,(H,19,21)/t17-/m0/s1. The maximum absolute atomic E-state index is 12.5. The summed E-state index contributed by atoms with van der Waals surface area (Å²) < 4.78 is 25.0. The van der Waals surface area contributed by atoms with Crippen molar-refractivity contribution in [3.8, 4) is 0 Å².